The van der Waals surface area contributed by atoms with Crippen molar-refractivity contribution in [3.8, 4) is 11.8 Å². The summed E-state index contributed by atoms with van der Waals surface area (Å²) in [5.41, 5.74) is 10.9. The number of nitrogens with zero attached hydrogens (tertiary/aromatic N) is 2. The average Bonchev–Trinajstić information content (AvgIpc) is 3.14. The van der Waals surface area contributed by atoms with Gasteiger partial charge in [0.2, 0.25) is 0 Å². The van der Waals surface area contributed by atoms with E-state index in [2.05, 4.69) is 16.8 Å². The average molecular weight is 425 g/mol. The molecule has 0 saturated carbocycles. The molecular formula is C26H23N3O3. The van der Waals surface area contributed by atoms with E-state index in [0.717, 1.165) is 39.8 Å². The Balaban J connectivity index is 1.57. The first kappa shape index (κ1) is 21.2. The molecule has 3 aromatic carbocycles. The highest BCUT2D eigenvalue weighted by atomic mass is 16.5. The molecular weight excluding hydrogens is 402 g/mol. The second-order valence-corrected chi connectivity index (χ2v) is 7.60. The van der Waals surface area contributed by atoms with Crippen LogP contribution in [0.3, 0.4) is 0 Å². The van der Waals surface area contributed by atoms with Gasteiger partial charge in [0.25, 0.3) is 0 Å². The summed E-state index contributed by atoms with van der Waals surface area (Å²) in [5.74, 6) is -0.207. The van der Waals surface area contributed by atoms with E-state index in [4.69, 9.17) is 20.8 Å². The number of rotatable bonds is 8. The summed E-state index contributed by atoms with van der Waals surface area (Å²) < 4.78 is 8.14. The molecule has 0 amide bonds. The van der Waals surface area contributed by atoms with E-state index < -0.39 is 5.97 Å². The van der Waals surface area contributed by atoms with Crippen molar-refractivity contribution < 1.29 is 14.6 Å². The van der Waals surface area contributed by atoms with Crippen molar-refractivity contribution in [3.05, 3.63) is 101 Å². The SMILES string of the molecule is N#Cc1cccc(Cn2cc(CCN)c3cc(OCc4ccc(C(=O)O)cc4)ccc32)c1. The van der Waals surface area contributed by atoms with E-state index in [0.29, 0.717) is 25.3 Å². The van der Waals surface area contributed by atoms with Crippen LogP contribution in [-0.4, -0.2) is 22.2 Å². The minimum absolute atomic E-state index is 0.253. The lowest BCUT2D eigenvalue weighted by atomic mass is 10.1. The number of nitrogens with two attached hydrogens (primary N) is 1. The highest BCUT2D eigenvalue weighted by Gasteiger charge is 2.11. The Bertz CT molecular complexity index is 1300. The molecule has 0 aliphatic heterocycles. The third kappa shape index (κ3) is 4.64. The largest absolute Gasteiger partial charge is 0.489 e. The summed E-state index contributed by atoms with van der Waals surface area (Å²) >= 11 is 0. The lowest BCUT2D eigenvalue weighted by molar-refractivity contribution is 0.0697. The highest BCUT2D eigenvalue weighted by molar-refractivity contribution is 5.87. The minimum Gasteiger partial charge on any atom is -0.489 e. The monoisotopic (exact) mass is 425 g/mol. The van der Waals surface area contributed by atoms with Gasteiger partial charge in [0.05, 0.1) is 17.2 Å². The van der Waals surface area contributed by atoms with Gasteiger partial charge in [-0.3, -0.25) is 0 Å². The van der Waals surface area contributed by atoms with Crippen molar-refractivity contribution in [2.24, 2.45) is 5.73 Å². The lowest BCUT2D eigenvalue weighted by Gasteiger charge is -2.09. The van der Waals surface area contributed by atoms with Gasteiger partial charge in [0, 0.05) is 23.6 Å². The topological polar surface area (TPSA) is 101 Å². The maximum Gasteiger partial charge on any atom is 0.335 e. The molecule has 6 heteroatoms. The molecule has 0 bridgehead atoms. The predicted octanol–water partition coefficient (Wildman–Crippen LogP) is 4.34. The van der Waals surface area contributed by atoms with Crippen molar-refractivity contribution >= 4 is 16.9 Å². The van der Waals surface area contributed by atoms with Crippen molar-refractivity contribution in [1.82, 2.24) is 4.57 Å². The van der Waals surface area contributed by atoms with Crippen LogP contribution in [0, 0.1) is 11.3 Å². The predicted molar refractivity (Wildman–Crippen MR) is 123 cm³/mol. The quantitative estimate of drug-likeness (QED) is 0.437. The number of carboxylic acid groups (broad SMARTS) is 1. The number of aromatic carboxylic acids is 1. The zero-order valence-electron chi connectivity index (χ0n) is 17.5. The van der Waals surface area contributed by atoms with Gasteiger partial charge in [-0.15, -0.1) is 0 Å². The van der Waals surface area contributed by atoms with E-state index in [-0.39, 0.29) is 5.56 Å². The molecule has 6 nitrogen and oxygen atoms in total. The van der Waals surface area contributed by atoms with Gasteiger partial charge in [-0.25, -0.2) is 4.79 Å². The Morgan fingerprint density at radius 3 is 2.59 bits per heavy atom. The van der Waals surface area contributed by atoms with E-state index in [1.54, 1.807) is 30.3 Å². The molecule has 0 fully saturated rings. The number of hydrogen-bond acceptors (Lipinski definition) is 4. The van der Waals surface area contributed by atoms with Crippen molar-refractivity contribution in [2.75, 3.05) is 6.54 Å². The molecule has 32 heavy (non-hydrogen) atoms. The van der Waals surface area contributed by atoms with Crippen LogP contribution in [0.1, 0.15) is 32.6 Å². The van der Waals surface area contributed by atoms with Gasteiger partial charge in [-0.1, -0.05) is 24.3 Å². The van der Waals surface area contributed by atoms with Crippen LogP contribution >= 0.6 is 0 Å². The van der Waals surface area contributed by atoms with Gasteiger partial charge >= 0.3 is 5.97 Å². The van der Waals surface area contributed by atoms with Gasteiger partial charge < -0.3 is 20.1 Å². The fraction of sp³-hybridized carbons (Fsp3) is 0.154. The number of carbonyl (C=O) groups is 1. The Morgan fingerprint density at radius 1 is 1.06 bits per heavy atom. The van der Waals surface area contributed by atoms with E-state index >= 15 is 0 Å². The third-order valence-corrected chi connectivity index (χ3v) is 5.36. The van der Waals surface area contributed by atoms with Crippen molar-refractivity contribution in [2.45, 2.75) is 19.6 Å². The molecule has 0 radical (unpaired) electrons. The molecule has 4 rings (SSSR count). The number of aromatic nitrogens is 1. The van der Waals surface area contributed by atoms with Crippen LogP contribution < -0.4 is 10.5 Å². The number of carboxylic acids is 1. The fourth-order valence-electron chi connectivity index (χ4n) is 3.77. The van der Waals surface area contributed by atoms with Gasteiger partial charge in [0.15, 0.2) is 0 Å². The number of fused-ring (bicyclic) bond motifs is 1. The number of hydrogen-bond donors (Lipinski definition) is 2. The molecule has 0 saturated heterocycles. The first-order valence-electron chi connectivity index (χ1n) is 10.3. The molecule has 4 aromatic rings. The van der Waals surface area contributed by atoms with Gasteiger partial charge in [-0.2, -0.15) is 5.26 Å². The number of ether oxygens (including phenoxy) is 1. The summed E-state index contributed by atoms with van der Waals surface area (Å²) in [5, 5.41) is 19.3. The normalized spacial score (nSPS) is 10.8. The fourth-order valence-corrected chi connectivity index (χ4v) is 3.77. The summed E-state index contributed by atoms with van der Waals surface area (Å²) in [6, 6.07) is 22.5. The van der Waals surface area contributed by atoms with Crippen LogP contribution in [0.25, 0.3) is 10.9 Å². The summed E-state index contributed by atoms with van der Waals surface area (Å²) in [4.78, 5) is 11.0. The lowest BCUT2D eigenvalue weighted by Crippen LogP contribution is -2.02. The van der Waals surface area contributed by atoms with Crippen LogP contribution in [0.2, 0.25) is 0 Å². The first-order chi connectivity index (χ1) is 15.6. The Kier molecular flexibility index (Phi) is 6.20. The Labute approximate surface area is 186 Å². The van der Waals surface area contributed by atoms with E-state index in [9.17, 15) is 4.79 Å². The van der Waals surface area contributed by atoms with Crippen molar-refractivity contribution in [1.29, 1.82) is 5.26 Å². The van der Waals surface area contributed by atoms with Crippen LogP contribution in [-0.2, 0) is 19.6 Å². The maximum atomic E-state index is 11.0. The van der Waals surface area contributed by atoms with Crippen LogP contribution in [0.4, 0.5) is 0 Å². The third-order valence-electron chi connectivity index (χ3n) is 5.36. The standard InChI is InChI=1S/C26H23N3O3/c27-11-10-22-16-29(15-20-3-1-2-19(12-20)14-28)25-9-8-23(13-24(22)25)32-17-18-4-6-21(7-5-18)26(30)31/h1-9,12-13,16H,10-11,15,17,27H2,(H,30,31). The smallest absolute Gasteiger partial charge is 0.335 e. The summed E-state index contributed by atoms with van der Waals surface area (Å²) in [7, 11) is 0. The number of nitriles is 1. The summed E-state index contributed by atoms with van der Waals surface area (Å²) in [6.07, 6.45) is 2.87. The van der Waals surface area contributed by atoms with Gasteiger partial charge in [0.1, 0.15) is 12.4 Å². The zero-order valence-corrected chi connectivity index (χ0v) is 17.5. The molecule has 1 heterocycles. The minimum atomic E-state index is -0.945. The zero-order chi connectivity index (χ0) is 22.5. The molecule has 0 atom stereocenters. The van der Waals surface area contributed by atoms with Crippen molar-refractivity contribution in [3.63, 3.8) is 0 Å². The molecule has 160 valence electrons. The Morgan fingerprint density at radius 2 is 1.88 bits per heavy atom. The molecule has 0 aliphatic rings. The highest BCUT2D eigenvalue weighted by Crippen LogP contribution is 2.28. The molecule has 0 aliphatic carbocycles. The first-order valence-corrected chi connectivity index (χ1v) is 10.3. The summed E-state index contributed by atoms with van der Waals surface area (Å²) in [6.45, 7) is 1.55. The van der Waals surface area contributed by atoms with E-state index in [1.807, 2.05) is 36.4 Å². The number of benzene rings is 3. The second-order valence-electron chi connectivity index (χ2n) is 7.60. The van der Waals surface area contributed by atoms with E-state index in [1.165, 1.54) is 0 Å². The molecule has 3 N–H and O–H groups in total. The second kappa shape index (κ2) is 9.38. The maximum absolute atomic E-state index is 11.0. The molecule has 0 spiro atoms. The van der Waals surface area contributed by atoms with Gasteiger partial charge in [-0.05, 0) is 72.1 Å². The van der Waals surface area contributed by atoms with Crippen LogP contribution in [0.5, 0.6) is 5.75 Å². The molecule has 0 unspecified atom stereocenters. The molecule has 1 aromatic heterocycles. The van der Waals surface area contributed by atoms with Crippen LogP contribution in [0.15, 0.2) is 72.9 Å². The Hall–Kier alpha value is -4.08.